The Morgan fingerprint density at radius 1 is 1.44 bits per heavy atom. The number of nitrogens with zero attached hydrogens (tertiary/aromatic N) is 3. The average molecular weight is 125 g/mol. The van der Waals surface area contributed by atoms with Crippen LogP contribution in [-0.4, -0.2) is 22.1 Å². The minimum Gasteiger partial charge on any atom is -0.377 e. The van der Waals surface area contributed by atoms with Crippen molar-refractivity contribution >= 4 is 0 Å². The van der Waals surface area contributed by atoms with Crippen LogP contribution in [0.5, 0.6) is 0 Å². The molecule has 1 rings (SSSR count). The molecule has 1 heterocycles. The summed E-state index contributed by atoms with van der Waals surface area (Å²) >= 11 is 0. The van der Waals surface area contributed by atoms with E-state index in [2.05, 4.69) is 15.0 Å². The summed E-state index contributed by atoms with van der Waals surface area (Å²) in [6, 6.07) is 0. The van der Waals surface area contributed by atoms with E-state index in [4.69, 9.17) is 4.74 Å². The predicted octanol–water partition coefficient (Wildman–Crippen LogP) is 0.0180. The molecule has 0 N–H and O–H groups in total. The lowest BCUT2D eigenvalue weighted by atomic mass is 10.6. The van der Waals surface area contributed by atoms with Crippen molar-refractivity contribution in [2.75, 3.05) is 7.11 Å². The van der Waals surface area contributed by atoms with Gasteiger partial charge < -0.3 is 4.74 Å². The summed E-state index contributed by atoms with van der Waals surface area (Å²) in [6.45, 7) is 0.447. The lowest BCUT2D eigenvalue weighted by Crippen LogP contribution is -1.95. The minimum atomic E-state index is 0.447. The van der Waals surface area contributed by atoms with Crippen LogP contribution in [0.1, 0.15) is 5.82 Å². The Bertz CT molecular complexity index is 165. The van der Waals surface area contributed by atoms with E-state index in [0.29, 0.717) is 12.4 Å². The van der Waals surface area contributed by atoms with E-state index in [1.807, 2.05) is 0 Å². The van der Waals surface area contributed by atoms with Crippen LogP contribution in [0, 0.1) is 0 Å². The molecule has 0 aromatic carbocycles. The molecule has 4 heteroatoms. The van der Waals surface area contributed by atoms with Gasteiger partial charge in [-0.1, -0.05) is 0 Å². The van der Waals surface area contributed by atoms with E-state index in [0.717, 1.165) is 0 Å². The van der Waals surface area contributed by atoms with E-state index < -0.39 is 0 Å². The van der Waals surface area contributed by atoms with Crippen molar-refractivity contribution in [2.24, 2.45) is 0 Å². The zero-order valence-corrected chi connectivity index (χ0v) is 5.11. The minimum absolute atomic E-state index is 0.447. The molecular formula is C5H7N3O. The molecule has 0 bridgehead atoms. The zero-order chi connectivity index (χ0) is 6.53. The summed E-state index contributed by atoms with van der Waals surface area (Å²) in [7, 11) is 1.60. The quantitative estimate of drug-likeness (QED) is 0.559. The Balaban J connectivity index is 2.61. The van der Waals surface area contributed by atoms with Gasteiger partial charge in [-0.15, -0.1) is 0 Å². The smallest absolute Gasteiger partial charge is 0.157 e. The summed E-state index contributed by atoms with van der Waals surface area (Å²) in [4.78, 5) is 11.3. The first-order valence-corrected chi connectivity index (χ1v) is 2.53. The fourth-order valence-corrected chi connectivity index (χ4v) is 0.467. The standard InChI is InChI=1S/C5H7N3O/c1-9-2-5-7-3-6-4-8-5/h3-4H,2H2,1H3. The molecule has 0 unspecified atom stereocenters. The fraction of sp³-hybridized carbons (Fsp3) is 0.400. The van der Waals surface area contributed by atoms with E-state index in [1.54, 1.807) is 7.11 Å². The second-order valence-electron chi connectivity index (χ2n) is 1.49. The van der Waals surface area contributed by atoms with Gasteiger partial charge in [-0.2, -0.15) is 0 Å². The third kappa shape index (κ3) is 1.73. The molecule has 0 fully saturated rings. The normalized spacial score (nSPS) is 9.44. The van der Waals surface area contributed by atoms with Crippen molar-refractivity contribution in [2.45, 2.75) is 6.61 Å². The van der Waals surface area contributed by atoms with Gasteiger partial charge in [0, 0.05) is 7.11 Å². The maximum atomic E-state index is 4.78. The summed E-state index contributed by atoms with van der Waals surface area (Å²) < 4.78 is 4.78. The van der Waals surface area contributed by atoms with Gasteiger partial charge in [-0.05, 0) is 0 Å². The molecule has 1 aromatic rings. The molecule has 0 radical (unpaired) electrons. The van der Waals surface area contributed by atoms with E-state index in [9.17, 15) is 0 Å². The van der Waals surface area contributed by atoms with E-state index >= 15 is 0 Å². The van der Waals surface area contributed by atoms with Gasteiger partial charge >= 0.3 is 0 Å². The van der Waals surface area contributed by atoms with Crippen molar-refractivity contribution in [3.05, 3.63) is 18.5 Å². The first kappa shape index (κ1) is 6.10. The monoisotopic (exact) mass is 125 g/mol. The number of hydrogen-bond acceptors (Lipinski definition) is 4. The third-order valence-electron chi connectivity index (χ3n) is 0.820. The molecule has 4 nitrogen and oxygen atoms in total. The molecule has 0 atom stereocenters. The van der Waals surface area contributed by atoms with Crippen LogP contribution >= 0.6 is 0 Å². The molecule has 0 amide bonds. The van der Waals surface area contributed by atoms with Crippen LogP contribution in [0.2, 0.25) is 0 Å². The maximum Gasteiger partial charge on any atom is 0.157 e. The Hall–Kier alpha value is -1.03. The zero-order valence-electron chi connectivity index (χ0n) is 5.11. The van der Waals surface area contributed by atoms with E-state index in [-0.39, 0.29) is 0 Å². The van der Waals surface area contributed by atoms with Gasteiger partial charge in [0.1, 0.15) is 19.3 Å². The SMILES string of the molecule is COCc1ncncn1. The second-order valence-corrected chi connectivity index (χ2v) is 1.49. The number of ether oxygens (including phenoxy) is 1. The molecule has 0 aliphatic carbocycles. The molecule has 0 saturated carbocycles. The van der Waals surface area contributed by atoms with Crippen LogP contribution in [-0.2, 0) is 11.3 Å². The van der Waals surface area contributed by atoms with Gasteiger partial charge in [0.25, 0.3) is 0 Å². The predicted molar refractivity (Wildman–Crippen MR) is 30.5 cm³/mol. The first-order valence-electron chi connectivity index (χ1n) is 2.53. The largest absolute Gasteiger partial charge is 0.377 e. The van der Waals surface area contributed by atoms with Crippen LogP contribution in [0.4, 0.5) is 0 Å². The summed E-state index contributed by atoms with van der Waals surface area (Å²) in [5, 5.41) is 0. The van der Waals surface area contributed by atoms with Gasteiger partial charge in [0.2, 0.25) is 0 Å². The van der Waals surface area contributed by atoms with Crippen molar-refractivity contribution in [1.82, 2.24) is 15.0 Å². The van der Waals surface area contributed by atoms with Crippen molar-refractivity contribution in [1.29, 1.82) is 0 Å². The highest BCUT2D eigenvalue weighted by atomic mass is 16.5. The molecule has 0 saturated heterocycles. The molecule has 1 aromatic heterocycles. The highest BCUT2D eigenvalue weighted by Crippen LogP contribution is 1.85. The Morgan fingerprint density at radius 2 is 2.11 bits per heavy atom. The Labute approximate surface area is 52.9 Å². The topological polar surface area (TPSA) is 47.9 Å². The second kappa shape index (κ2) is 3.09. The lowest BCUT2D eigenvalue weighted by molar-refractivity contribution is 0.177. The number of rotatable bonds is 2. The lowest BCUT2D eigenvalue weighted by Gasteiger charge is -1.92. The highest BCUT2D eigenvalue weighted by Gasteiger charge is 1.88. The Kier molecular flexibility index (Phi) is 2.09. The maximum absolute atomic E-state index is 4.78. The highest BCUT2D eigenvalue weighted by molar-refractivity contribution is 4.76. The van der Waals surface area contributed by atoms with Crippen molar-refractivity contribution in [3.63, 3.8) is 0 Å². The first-order chi connectivity index (χ1) is 4.43. The van der Waals surface area contributed by atoms with Crippen molar-refractivity contribution in [3.8, 4) is 0 Å². The van der Waals surface area contributed by atoms with Crippen LogP contribution in [0.3, 0.4) is 0 Å². The number of methoxy groups -OCH3 is 1. The summed E-state index contributed by atoms with van der Waals surface area (Å²) in [5.74, 6) is 0.660. The average Bonchev–Trinajstić information content (AvgIpc) is 1.91. The van der Waals surface area contributed by atoms with Gasteiger partial charge in [0.15, 0.2) is 5.82 Å². The van der Waals surface area contributed by atoms with E-state index in [1.165, 1.54) is 12.7 Å². The molecule has 0 aliphatic rings. The summed E-state index contributed by atoms with van der Waals surface area (Å²) in [6.07, 6.45) is 2.89. The third-order valence-corrected chi connectivity index (χ3v) is 0.820. The van der Waals surface area contributed by atoms with Gasteiger partial charge in [-0.25, -0.2) is 15.0 Å². The van der Waals surface area contributed by atoms with Gasteiger partial charge in [-0.3, -0.25) is 0 Å². The summed E-state index contributed by atoms with van der Waals surface area (Å²) in [5.41, 5.74) is 0. The number of aromatic nitrogens is 3. The number of hydrogen-bond donors (Lipinski definition) is 0. The molecule has 48 valence electrons. The fourth-order valence-electron chi connectivity index (χ4n) is 0.467. The molecule has 9 heavy (non-hydrogen) atoms. The van der Waals surface area contributed by atoms with Gasteiger partial charge in [0.05, 0.1) is 0 Å². The van der Waals surface area contributed by atoms with Crippen LogP contribution in [0.15, 0.2) is 12.7 Å². The molecule has 0 spiro atoms. The van der Waals surface area contributed by atoms with Crippen molar-refractivity contribution < 1.29 is 4.74 Å². The van der Waals surface area contributed by atoms with Crippen LogP contribution < -0.4 is 0 Å². The van der Waals surface area contributed by atoms with Crippen LogP contribution in [0.25, 0.3) is 0 Å². The Morgan fingerprint density at radius 3 is 2.67 bits per heavy atom. The molecule has 0 aliphatic heterocycles. The molecular weight excluding hydrogens is 118 g/mol.